The number of hydrogen-bond acceptors (Lipinski definition) is 6. The van der Waals surface area contributed by atoms with Crippen LogP contribution < -0.4 is 10.0 Å². The first-order valence-corrected chi connectivity index (χ1v) is 13.0. The molecule has 0 aromatic heterocycles. The first-order chi connectivity index (χ1) is 16.4. The highest BCUT2D eigenvalue weighted by molar-refractivity contribution is 9.10. The van der Waals surface area contributed by atoms with E-state index in [1.54, 1.807) is 12.1 Å². The summed E-state index contributed by atoms with van der Waals surface area (Å²) >= 11 is 17.7. The second-order valence-electron chi connectivity index (χ2n) is 7.92. The van der Waals surface area contributed by atoms with Crippen molar-refractivity contribution in [2.24, 2.45) is 10.2 Å². The molecule has 1 unspecified atom stereocenters. The molecule has 5 rings (SSSR count). The second kappa shape index (κ2) is 9.38. The van der Waals surface area contributed by atoms with Crippen molar-refractivity contribution in [1.82, 2.24) is 0 Å². The molecule has 0 N–H and O–H groups in total. The zero-order valence-corrected chi connectivity index (χ0v) is 22.0. The molecule has 2 aliphatic rings. The van der Waals surface area contributed by atoms with E-state index >= 15 is 0 Å². The molecule has 5 nitrogen and oxygen atoms in total. The standard InChI is InChI=1S/C25H19BrCl2N4OS/c1-16(33)24-30-32(23-12-11-19(27)15-21(23)28)25(34-24)14-13-22(17-7-9-18(26)10-8-17)29-31(25)20-5-3-2-4-6-20/h2-12,15H,13-14H2,1H3. The Morgan fingerprint density at radius 1 is 1.00 bits per heavy atom. The van der Waals surface area contributed by atoms with Gasteiger partial charge in [0.15, 0.2) is 10.8 Å². The molecule has 3 aromatic carbocycles. The highest BCUT2D eigenvalue weighted by Crippen LogP contribution is 2.51. The quantitative estimate of drug-likeness (QED) is 0.323. The third-order valence-electron chi connectivity index (χ3n) is 5.64. The Labute approximate surface area is 220 Å². The van der Waals surface area contributed by atoms with E-state index in [2.05, 4.69) is 28.1 Å². The third kappa shape index (κ3) is 4.26. The van der Waals surface area contributed by atoms with Crippen LogP contribution in [0.1, 0.15) is 25.3 Å². The number of halogens is 3. The number of carbonyl (C=O) groups excluding carboxylic acids is 1. The van der Waals surface area contributed by atoms with Crippen molar-refractivity contribution < 1.29 is 4.79 Å². The summed E-state index contributed by atoms with van der Waals surface area (Å²) in [5.41, 5.74) is 3.56. The monoisotopic (exact) mass is 572 g/mol. The summed E-state index contributed by atoms with van der Waals surface area (Å²) in [6, 6.07) is 23.3. The number of hydrogen-bond donors (Lipinski definition) is 0. The minimum atomic E-state index is -0.807. The topological polar surface area (TPSA) is 48.3 Å². The molecule has 1 atom stereocenters. The van der Waals surface area contributed by atoms with Gasteiger partial charge in [-0.05, 0) is 66.2 Å². The minimum absolute atomic E-state index is 0.104. The summed E-state index contributed by atoms with van der Waals surface area (Å²) < 4.78 is 1.01. The maximum atomic E-state index is 12.5. The van der Waals surface area contributed by atoms with Crippen LogP contribution in [0, 0.1) is 0 Å². The number of anilines is 2. The Kier molecular flexibility index (Phi) is 6.46. The highest BCUT2D eigenvalue weighted by atomic mass is 79.9. The van der Waals surface area contributed by atoms with Crippen LogP contribution in [0.3, 0.4) is 0 Å². The van der Waals surface area contributed by atoms with Gasteiger partial charge in [-0.3, -0.25) is 4.79 Å². The number of Topliss-reactive ketones (excluding diaryl/α,β-unsaturated/α-hetero) is 1. The molecule has 1 spiro atoms. The van der Waals surface area contributed by atoms with Gasteiger partial charge >= 0.3 is 0 Å². The molecular weight excluding hydrogens is 555 g/mol. The van der Waals surface area contributed by atoms with Gasteiger partial charge < -0.3 is 0 Å². The predicted octanol–water partition coefficient (Wildman–Crippen LogP) is 7.57. The zero-order chi connectivity index (χ0) is 23.9. The van der Waals surface area contributed by atoms with Crippen LogP contribution in [-0.2, 0) is 4.79 Å². The number of hydrazone groups is 2. The van der Waals surface area contributed by atoms with Gasteiger partial charge in [-0.15, -0.1) is 0 Å². The molecule has 0 saturated carbocycles. The van der Waals surface area contributed by atoms with Crippen molar-refractivity contribution in [3.8, 4) is 0 Å². The molecule has 0 amide bonds. The lowest BCUT2D eigenvalue weighted by Gasteiger charge is -2.46. The summed E-state index contributed by atoms with van der Waals surface area (Å²) in [5.74, 6) is -0.104. The number of rotatable bonds is 4. The SMILES string of the molecule is CC(=O)C1=NN(c2ccc(Cl)cc2Cl)C2(CCC(c3ccc(Br)cc3)=NN2c2ccccc2)S1. The summed E-state index contributed by atoms with van der Waals surface area (Å²) in [4.78, 5) is 11.7. The van der Waals surface area contributed by atoms with Crippen molar-refractivity contribution in [2.45, 2.75) is 24.8 Å². The number of nitrogens with zero attached hydrogens (tertiary/aromatic N) is 4. The fraction of sp³-hybridized carbons (Fsp3) is 0.160. The molecular formula is C25H19BrCl2N4OS. The second-order valence-corrected chi connectivity index (χ2v) is 10.9. The van der Waals surface area contributed by atoms with Crippen LogP contribution >= 0.6 is 50.9 Å². The average Bonchev–Trinajstić information content (AvgIpc) is 3.20. The first-order valence-electron chi connectivity index (χ1n) is 10.6. The van der Waals surface area contributed by atoms with Crippen LogP contribution in [-0.4, -0.2) is 21.5 Å². The fourth-order valence-corrected chi connectivity index (χ4v) is 6.01. The third-order valence-corrected chi connectivity index (χ3v) is 8.14. The largest absolute Gasteiger partial charge is 0.292 e. The van der Waals surface area contributed by atoms with E-state index in [0.717, 1.165) is 21.4 Å². The number of ketones is 1. The summed E-state index contributed by atoms with van der Waals surface area (Å²) in [5, 5.41) is 15.0. The molecule has 0 saturated heterocycles. The van der Waals surface area contributed by atoms with Gasteiger partial charge in [0.25, 0.3) is 0 Å². The van der Waals surface area contributed by atoms with Gasteiger partial charge in [-0.25, -0.2) is 10.0 Å². The molecule has 2 aliphatic heterocycles. The number of carbonyl (C=O) groups is 1. The van der Waals surface area contributed by atoms with Crippen molar-refractivity contribution in [3.63, 3.8) is 0 Å². The van der Waals surface area contributed by atoms with Crippen molar-refractivity contribution in [3.05, 3.63) is 92.9 Å². The van der Waals surface area contributed by atoms with Crippen LogP contribution in [0.5, 0.6) is 0 Å². The van der Waals surface area contributed by atoms with Gasteiger partial charge in [0.05, 0.1) is 22.1 Å². The zero-order valence-electron chi connectivity index (χ0n) is 18.1. The summed E-state index contributed by atoms with van der Waals surface area (Å²) in [6.45, 7) is 1.53. The van der Waals surface area contributed by atoms with Gasteiger partial charge in [0.1, 0.15) is 0 Å². The average molecular weight is 574 g/mol. The fourth-order valence-electron chi connectivity index (χ4n) is 4.02. The van der Waals surface area contributed by atoms with E-state index in [1.807, 2.05) is 58.5 Å². The van der Waals surface area contributed by atoms with Crippen LogP contribution in [0.2, 0.25) is 10.0 Å². The molecule has 9 heteroatoms. The maximum absolute atomic E-state index is 12.5. The predicted molar refractivity (Wildman–Crippen MR) is 146 cm³/mol. The molecule has 2 heterocycles. The molecule has 0 radical (unpaired) electrons. The van der Waals surface area contributed by atoms with Gasteiger partial charge in [0, 0.05) is 22.8 Å². The van der Waals surface area contributed by atoms with Crippen LogP contribution in [0.4, 0.5) is 11.4 Å². The molecule has 34 heavy (non-hydrogen) atoms. The summed E-state index contributed by atoms with van der Waals surface area (Å²) in [6.07, 6.45) is 1.35. The van der Waals surface area contributed by atoms with E-state index in [1.165, 1.54) is 18.7 Å². The molecule has 0 fully saturated rings. The van der Waals surface area contributed by atoms with Gasteiger partial charge in [-0.1, -0.05) is 69.5 Å². The molecule has 0 aliphatic carbocycles. The Hall–Kier alpha value is -2.32. The van der Waals surface area contributed by atoms with E-state index in [0.29, 0.717) is 33.6 Å². The lowest BCUT2D eigenvalue weighted by molar-refractivity contribution is -0.110. The minimum Gasteiger partial charge on any atom is -0.292 e. The normalized spacial score (nSPS) is 19.9. The Morgan fingerprint density at radius 3 is 2.41 bits per heavy atom. The van der Waals surface area contributed by atoms with E-state index in [-0.39, 0.29) is 5.78 Å². The number of para-hydroxylation sites is 1. The highest BCUT2D eigenvalue weighted by Gasteiger charge is 2.53. The summed E-state index contributed by atoms with van der Waals surface area (Å²) in [7, 11) is 0. The van der Waals surface area contributed by atoms with Gasteiger partial charge in [-0.2, -0.15) is 10.2 Å². The van der Waals surface area contributed by atoms with Gasteiger partial charge in [0.2, 0.25) is 4.99 Å². The number of benzene rings is 3. The van der Waals surface area contributed by atoms with Crippen molar-refractivity contribution in [2.75, 3.05) is 10.0 Å². The molecule has 3 aromatic rings. The Morgan fingerprint density at radius 2 is 1.74 bits per heavy atom. The van der Waals surface area contributed by atoms with E-state index in [4.69, 9.17) is 33.4 Å². The Balaban J connectivity index is 1.68. The van der Waals surface area contributed by atoms with Crippen molar-refractivity contribution >= 4 is 78.8 Å². The van der Waals surface area contributed by atoms with Crippen molar-refractivity contribution in [1.29, 1.82) is 0 Å². The molecule has 0 bridgehead atoms. The smallest absolute Gasteiger partial charge is 0.208 e. The molecule has 172 valence electrons. The van der Waals surface area contributed by atoms with Crippen LogP contribution in [0.25, 0.3) is 0 Å². The number of thioether (sulfide) groups is 1. The van der Waals surface area contributed by atoms with E-state index < -0.39 is 4.99 Å². The van der Waals surface area contributed by atoms with E-state index in [9.17, 15) is 4.79 Å². The maximum Gasteiger partial charge on any atom is 0.208 e. The first kappa shape index (κ1) is 23.4. The lowest BCUT2D eigenvalue weighted by atomic mass is 10.0. The lowest BCUT2D eigenvalue weighted by Crippen LogP contribution is -2.56. The Bertz CT molecular complexity index is 1320. The van der Waals surface area contributed by atoms with Crippen LogP contribution in [0.15, 0.2) is 87.5 Å².